The molecule has 150 valence electrons. The van der Waals surface area contributed by atoms with Gasteiger partial charge in [-0.15, -0.1) is 24.0 Å². The zero-order chi connectivity index (χ0) is 18.0. The molecule has 0 saturated heterocycles. The molecule has 27 heavy (non-hydrogen) atoms. The summed E-state index contributed by atoms with van der Waals surface area (Å²) in [4.78, 5) is 4.47. The molecule has 1 aromatic carbocycles. The third-order valence-electron chi connectivity index (χ3n) is 6.57. The lowest BCUT2D eigenvalue weighted by molar-refractivity contribution is -0.168. The molecule has 1 aliphatic heterocycles. The first kappa shape index (κ1) is 20.7. The van der Waals surface area contributed by atoms with Gasteiger partial charge in [0.25, 0.3) is 0 Å². The number of ether oxygens (including phenoxy) is 2. The first-order valence-electron chi connectivity index (χ1n) is 10.1. The highest BCUT2D eigenvalue weighted by atomic mass is 127. The second-order valence-corrected chi connectivity index (χ2v) is 7.79. The highest BCUT2D eigenvalue weighted by molar-refractivity contribution is 14.0. The highest BCUT2D eigenvalue weighted by Gasteiger charge is 2.59. The molecule has 0 amide bonds. The molecule has 3 unspecified atom stereocenters. The first-order valence-corrected chi connectivity index (χ1v) is 10.1. The number of nitrogens with zero attached hydrogens (tertiary/aromatic N) is 1. The fourth-order valence-corrected chi connectivity index (χ4v) is 4.85. The van der Waals surface area contributed by atoms with Crippen LogP contribution in [-0.2, 0) is 4.74 Å². The lowest BCUT2D eigenvalue weighted by Crippen LogP contribution is -2.68. The van der Waals surface area contributed by atoms with Crippen molar-refractivity contribution in [1.82, 2.24) is 10.6 Å². The molecule has 2 fully saturated rings. The summed E-state index contributed by atoms with van der Waals surface area (Å²) in [5, 5.41) is 7.23. The Morgan fingerprint density at radius 1 is 1.33 bits per heavy atom. The van der Waals surface area contributed by atoms with Crippen LogP contribution in [0.5, 0.6) is 5.75 Å². The van der Waals surface area contributed by atoms with Gasteiger partial charge in [-0.05, 0) is 44.2 Å². The van der Waals surface area contributed by atoms with E-state index in [9.17, 15) is 0 Å². The van der Waals surface area contributed by atoms with Gasteiger partial charge in [-0.2, -0.15) is 0 Å². The molecule has 3 atom stereocenters. The third kappa shape index (κ3) is 3.92. The summed E-state index contributed by atoms with van der Waals surface area (Å²) in [7, 11) is 1.86. The minimum atomic E-state index is 0. The second kappa shape index (κ2) is 8.99. The molecule has 0 aromatic heterocycles. The number of fused-ring (bicyclic) bond motifs is 1. The Kier molecular flexibility index (Phi) is 6.89. The molecule has 3 aliphatic rings. The first-order chi connectivity index (χ1) is 12.8. The fraction of sp³-hybridized carbons (Fsp3) is 0.667. The predicted molar refractivity (Wildman–Crippen MR) is 119 cm³/mol. The Labute approximate surface area is 179 Å². The topological polar surface area (TPSA) is 54.9 Å². The number of guanidine groups is 1. The van der Waals surface area contributed by atoms with E-state index in [4.69, 9.17) is 9.47 Å². The third-order valence-corrected chi connectivity index (χ3v) is 6.57. The minimum absolute atomic E-state index is 0. The lowest BCUT2D eigenvalue weighted by Gasteiger charge is -2.61. The molecule has 2 saturated carbocycles. The molecule has 5 nitrogen and oxygen atoms in total. The van der Waals surface area contributed by atoms with Crippen LogP contribution in [0.25, 0.3) is 0 Å². The van der Waals surface area contributed by atoms with Crippen LogP contribution >= 0.6 is 24.0 Å². The van der Waals surface area contributed by atoms with E-state index in [1.807, 2.05) is 13.1 Å². The van der Waals surface area contributed by atoms with Crippen LogP contribution in [0.3, 0.4) is 0 Å². The van der Waals surface area contributed by atoms with Crippen molar-refractivity contribution in [2.45, 2.75) is 57.1 Å². The normalized spacial score (nSPS) is 28.1. The van der Waals surface area contributed by atoms with E-state index < -0.39 is 0 Å². The Morgan fingerprint density at radius 2 is 2.15 bits per heavy atom. The fourth-order valence-electron chi connectivity index (χ4n) is 4.85. The number of para-hydroxylation sites is 1. The van der Waals surface area contributed by atoms with Gasteiger partial charge in [0, 0.05) is 37.6 Å². The molecular weight excluding hydrogens is 453 g/mol. The van der Waals surface area contributed by atoms with Gasteiger partial charge < -0.3 is 20.1 Å². The smallest absolute Gasteiger partial charge is 0.191 e. The van der Waals surface area contributed by atoms with Crippen LogP contribution in [0.1, 0.15) is 50.5 Å². The van der Waals surface area contributed by atoms with Crippen molar-refractivity contribution in [2.75, 3.05) is 26.8 Å². The van der Waals surface area contributed by atoms with Crippen LogP contribution in [0.15, 0.2) is 29.3 Å². The maximum Gasteiger partial charge on any atom is 0.191 e. The van der Waals surface area contributed by atoms with Gasteiger partial charge in [0.2, 0.25) is 0 Å². The van der Waals surface area contributed by atoms with Crippen molar-refractivity contribution < 1.29 is 9.47 Å². The minimum Gasteiger partial charge on any atom is -0.493 e. The van der Waals surface area contributed by atoms with Gasteiger partial charge in [-0.25, -0.2) is 0 Å². The number of nitrogens with one attached hydrogen (secondary N) is 2. The van der Waals surface area contributed by atoms with Crippen molar-refractivity contribution in [3.05, 3.63) is 29.8 Å². The van der Waals surface area contributed by atoms with E-state index in [0.717, 1.165) is 44.3 Å². The standard InChI is InChI=1S/C21H31N3O2.HI/c1-3-25-19-13-18(21(19)10-6-11-21)24-20(22-2)23-14-15-9-12-26-17-8-5-4-7-16(15)17;/h4-5,7-8,15,18-19H,3,6,9-14H2,1-2H3,(H2,22,23,24);1H. The lowest BCUT2D eigenvalue weighted by atomic mass is 9.51. The van der Waals surface area contributed by atoms with E-state index in [1.54, 1.807) is 0 Å². The number of halogens is 1. The SMILES string of the molecule is CCOC1CC(NC(=NC)NCC2CCOc3ccccc32)C12CCC2.I. The van der Waals surface area contributed by atoms with Gasteiger partial charge in [0.1, 0.15) is 5.75 Å². The van der Waals surface area contributed by atoms with Crippen LogP contribution < -0.4 is 15.4 Å². The molecule has 4 rings (SSSR count). The summed E-state index contributed by atoms with van der Waals surface area (Å²) in [5.41, 5.74) is 1.65. The van der Waals surface area contributed by atoms with E-state index in [-0.39, 0.29) is 24.0 Å². The second-order valence-electron chi connectivity index (χ2n) is 7.79. The summed E-state index contributed by atoms with van der Waals surface area (Å²) in [5.74, 6) is 2.41. The Morgan fingerprint density at radius 3 is 2.85 bits per heavy atom. The number of rotatable bonds is 5. The molecule has 6 heteroatoms. The predicted octanol–water partition coefficient (Wildman–Crippen LogP) is 3.68. The average Bonchev–Trinajstić information content (AvgIpc) is 2.62. The quantitative estimate of drug-likeness (QED) is 0.380. The molecule has 1 aromatic rings. The van der Waals surface area contributed by atoms with Crippen molar-refractivity contribution >= 4 is 29.9 Å². The monoisotopic (exact) mass is 485 g/mol. The van der Waals surface area contributed by atoms with Crippen molar-refractivity contribution in [2.24, 2.45) is 10.4 Å². The van der Waals surface area contributed by atoms with Crippen molar-refractivity contribution in [3.8, 4) is 5.75 Å². The highest BCUT2D eigenvalue weighted by Crippen LogP contribution is 2.57. The molecule has 1 heterocycles. The molecule has 0 radical (unpaired) electrons. The molecule has 1 spiro atoms. The van der Waals surface area contributed by atoms with Gasteiger partial charge in [-0.3, -0.25) is 4.99 Å². The van der Waals surface area contributed by atoms with E-state index in [2.05, 4.69) is 40.7 Å². The Hall–Kier alpha value is -1.02. The van der Waals surface area contributed by atoms with E-state index >= 15 is 0 Å². The Bertz CT molecular complexity index is 663. The molecule has 0 bridgehead atoms. The summed E-state index contributed by atoms with van der Waals surface area (Å²) >= 11 is 0. The molecule has 2 N–H and O–H groups in total. The summed E-state index contributed by atoms with van der Waals surface area (Å²) in [6, 6.07) is 8.87. The number of benzene rings is 1. The number of hydrogen-bond acceptors (Lipinski definition) is 3. The average molecular weight is 485 g/mol. The maximum absolute atomic E-state index is 5.96. The van der Waals surface area contributed by atoms with Gasteiger partial charge >= 0.3 is 0 Å². The zero-order valence-corrected chi connectivity index (χ0v) is 18.7. The van der Waals surface area contributed by atoms with Crippen LogP contribution in [0.2, 0.25) is 0 Å². The summed E-state index contributed by atoms with van der Waals surface area (Å²) in [6.07, 6.45) is 6.45. The van der Waals surface area contributed by atoms with Crippen molar-refractivity contribution in [3.63, 3.8) is 0 Å². The zero-order valence-electron chi connectivity index (χ0n) is 16.4. The summed E-state index contributed by atoms with van der Waals surface area (Å²) < 4.78 is 11.7. The molecule has 2 aliphatic carbocycles. The van der Waals surface area contributed by atoms with Gasteiger partial charge in [0.15, 0.2) is 5.96 Å². The number of aliphatic imine (C=N–C) groups is 1. The summed E-state index contributed by atoms with van der Waals surface area (Å²) in [6.45, 7) is 4.58. The van der Waals surface area contributed by atoms with Crippen LogP contribution in [0.4, 0.5) is 0 Å². The Balaban J connectivity index is 0.00000210. The van der Waals surface area contributed by atoms with Gasteiger partial charge in [-0.1, -0.05) is 24.6 Å². The van der Waals surface area contributed by atoms with Crippen molar-refractivity contribution in [1.29, 1.82) is 0 Å². The van der Waals surface area contributed by atoms with E-state index in [1.165, 1.54) is 24.8 Å². The largest absolute Gasteiger partial charge is 0.493 e. The molecular formula is C21H32IN3O2. The van der Waals surface area contributed by atoms with E-state index in [0.29, 0.717) is 23.5 Å². The van der Waals surface area contributed by atoms with Crippen LogP contribution in [0, 0.1) is 5.41 Å². The number of hydrogen-bond donors (Lipinski definition) is 2. The van der Waals surface area contributed by atoms with Gasteiger partial charge in [0.05, 0.1) is 12.7 Å². The van der Waals surface area contributed by atoms with Crippen LogP contribution in [-0.4, -0.2) is 44.9 Å². The maximum atomic E-state index is 5.96.